The van der Waals surface area contributed by atoms with Gasteiger partial charge in [0, 0.05) is 19.0 Å². The molecule has 1 aromatic carbocycles. The first-order valence-corrected chi connectivity index (χ1v) is 8.74. The molecule has 0 radical (unpaired) electrons. The summed E-state index contributed by atoms with van der Waals surface area (Å²) >= 11 is 7.36. The minimum atomic E-state index is -4.76. The fourth-order valence-electron chi connectivity index (χ4n) is 2.57. The molecule has 0 unspecified atom stereocenters. The molecule has 0 aliphatic rings. The van der Waals surface area contributed by atoms with Crippen molar-refractivity contribution in [2.24, 2.45) is 7.05 Å². The first-order valence-electron chi connectivity index (χ1n) is 7.54. The molecule has 0 saturated carbocycles. The average Bonchev–Trinajstić information content (AvgIpc) is 3.23. The van der Waals surface area contributed by atoms with E-state index >= 15 is 0 Å². The van der Waals surface area contributed by atoms with Gasteiger partial charge in [-0.05, 0) is 6.07 Å². The van der Waals surface area contributed by atoms with Gasteiger partial charge >= 0.3 is 6.36 Å². The van der Waals surface area contributed by atoms with Gasteiger partial charge in [-0.15, -0.1) is 23.4 Å². The maximum atomic E-state index is 12.6. The third-order valence-corrected chi connectivity index (χ3v) is 4.85. The maximum absolute atomic E-state index is 12.6. The standard InChI is InChI=1S/C15H10ClF3N6OS/c1-24-12(9(16)7-20-24)13-21-22-14-25(13)23-11(27-14)6-8-4-2-3-5-10(8)26-15(17,18)19/h2-5,7H,6H2,1H3. The second-order valence-electron chi connectivity index (χ2n) is 5.51. The van der Waals surface area contributed by atoms with Gasteiger partial charge in [0.25, 0.3) is 0 Å². The number of benzene rings is 1. The second-order valence-corrected chi connectivity index (χ2v) is 6.96. The van der Waals surface area contributed by atoms with Crippen molar-refractivity contribution in [1.29, 1.82) is 0 Å². The summed E-state index contributed by atoms with van der Waals surface area (Å²) in [4.78, 5) is 0.492. The predicted molar refractivity (Wildman–Crippen MR) is 91.8 cm³/mol. The highest BCUT2D eigenvalue weighted by Crippen LogP contribution is 2.30. The van der Waals surface area contributed by atoms with Crippen molar-refractivity contribution < 1.29 is 17.9 Å². The van der Waals surface area contributed by atoms with Crippen LogP contribution in [0.2, 0.25) is 5.02 Å². The number of nitrogens with zero attached hydrogens (tertiary/aromatic N) is 6. The van der Waals surface area contributed by atoms with Gasteiger partial charge in [-0.1, -0.05) is 41.1 Å². The second kappa shape index (κ2) is 6.50. The third-order valence-electron chi connectivity index (χ3n) is 3.68. The van der Waals surface area contributed by atoms with Crippen molar-refractivity contribution in [3.63, 3.8) is 0 Å². The summed E-state index contributed by atoms with van der Waals surface area (Å²) in [5, 5.41) is 17.6. The maximum Gasteiger partial charge on any atom is 0.573 e. The summed E-state index contributed by atoms with van der Waals surface area (Å²) in [6.45, 7) is 0. The van der Waals surface area contributed by atoms with Crippen molar-refractivity contribution in [3.8, 4) is 17.3 Å². The van der Waals surface area contributed by atoms with Gasteiger partial charge in [-0.25, -0.2) is 0 Å². The highest BCUT2D eigenvalue weighted by atomic mass is 35.5. The van der Waals surface area contributed by atoms with Crippen LogP contribution in [0.3, 0.4) is 0 Å². The summed E-state index contributed by atoms with van der Waals surface area (Å²) in [6, 6.07) is 5.94. The van der Waals surface area contributed by atoms with E-state index in [1.807, 2.05) is 0 Å². The Morgan fingerprint density at radius 2 is 2.00 bits per heavy atom. The van der Waals surface area contributed by atoms with E-state index < -0.39 is 6.36 Å². The summed E-state index contributed by atoms with van der Waals surface area (Å²) in [5.41, 5.74) is 0.904. The number of hydrogen-bond donors (Lipinski definition) is 0. The number of hydrogen-bond acceptors (Lipinski definition) is 6. The first kappa shape index (κ1) is 17.7. The lowest BCUT2D eigenvalue weighted by molar-refractivity contribution is -0.274. The quantitative estimate of drug-likeness (QED) is 0.509. The van der Waals surface area contributed by atoms with Gasteiger partial charge < -0.3 is 4.74 Å². The van der Waals surface area contributed by atoms with Crippen LogP contribution < -0.4 is 4.74 Å². The van der Waals surface area contributed by atoms with Crippen LogP contribution in [0.25, 0.3) is 16.5 Å². The van der Waals surface area contributed by atoms with Crippen molar-refractivity contribution in [3.05, 3.63) is 46.1 Å². The van der Waals surface area contributed by atoms with Crippen LogP contribution in [0.1, 0.15) is 10.6 Å². The van der Waals surface area contributed by atoms with Gasteiger partial charge in [0.1, 0.15) is 16.5 Å². The Bertz CT molecular complexity index is 1100. The zero-order valence-corrected chi connectivity index (χ0v) is 15.2. The molecule has 0 N–H and O–H groups in total. The first-order chi connectivity index (χ1) is 12.8. The number of alkyl halides is 3. The Morgan fingerprint density at radius 3 is 2.70 bits per heavy atom. The van der Waals surface area contributed by atoms with E-state index in [1.165, 1.54) is 34.2 Å². The predicted octanol–water partition coefficient (Wildman–Crippen LogP) is 3.73. The minimum absolute atomic E-state index is 0.152. The average molecular weight is 415 g/mol. The normalized spacial score (nSPS) is 12.0. The molecule has 7 nitrogen and oxygen atoms in total. The molecule has 4 aromatic rings. The van der Waals surface area contributed by atoms with Crippen LogP contribution in [0.5, 0.6) is 5.75 Å². The number of aromatic nitrogens is 6. The van der Waals surface area contributed by atoms with Crippen LogP contribution in [0.4, 0.5) is 13.2 Å². The molecule has 140 valence electrons. The molecule has 0 atom stereocenters. The van der Waals surface area contributed by atoms with E-state index in [0.717, 1.165) is 0 Å². The third kappa shape index (κ3) is 3.47. The molecule has 0 fully saturated rings. The smallest absolute Gasteiger partial charge is 0.405 e. The number of aryl methyl sites for hydroxylation is 1. The highest BCUT2D eigenvalue weighted by molar-refractivity contribution is 7.16. The van der Waals surface area contributed by atoms with E-state index in [9.17, 15) is 13.2 Å². The minimum Gasteiger partial charge on any atom is -0.405 e. The van der Waals surface area contributed by atoms with Gasteiger partial charge in [0.15, 0.2) is 0 Å². The number of halogens is 4. The Morgan fingerprint density at radius 1 is 1.22 bits per heavy atom. The molecule has 0 bridgehead atoms. The van der Waals surface area contributed by atoms with Gasteiger partial charge in [0.2, 0.25) is 10.8 Å². The molecule has 0 spiro atoms. The Kier molecular flexibility index (Phi) is 4.27. The Hall–Kier alpha value is -2.66. The summed E-state index contributed by atoms with van der Waals surface area (Å²) in [7, 11) is 1.71. The van der Waals surface area contributed by atoms with Crippen LogP contribution in [-0.4, -0.2) is 36.0 Å². The largest absolute Gasteiger partial charge is 0.573 e. The lowest BCUT2D eigenvalue weighted by Gasteiger charge is -2.12. The molecule has 3 heterocycles. The monoisotopic (exact) mass is 414 g/mol. The van der Waals surface area contributed by atoms with Crippen molar-refractivity contribution >= 4 is 27.9 Å². The summed E-state index contributed by atoms with van der Waals surface area (Å²) in [6.07, 6.45) is -3.13. The summed E-state index contributed by atoms with van der Waals surface area (Å²) < 4.78 is 44.9. The molecular formula is C15H10ClF3N6OS. The highest BCUT2D eigenvalue weighted by Gasteiger charge is 2.32. The zero-order valence-electron chi connectivity index (χ0n) is 13.6. The van der Waals surface area contributed by atoms with E-state index in [-0.39, 0.29) is 12.2 Å². The lowest BCUT2D eigenvalue weighted by atomic mass is 10.1. The van der Waals surface area contributed by atoms with E-state index in [4.69, 9.17) is 11.6 Å². The number of para-hydroxylation sites is 1. The molecule has 0 aliphatic heterocycles. The van der Waals surface area contributed by atoms with Crippen LogP contribution in [-0.2, 0) is 13.5 Å². The van der Waals surface area contributed by atoms with Crippen LogP contribution in [0, 0.1) is 0 Å². The zero-order chi connectivity index (χ0) is 19.2. The molecule has 0 amide bonds. The topological polar surface area (TPSA) is 70.1 Å². The van der Waals surface area contributed by atoms with Crippen molar-refractivity contribution in [2.45, 2.75) is 12.8 Å². The Balaban J connectivity index is 1.69. The molecule has 27 heavy (non-hydrogen) atoms. The Labute approximate surface area is 159 Å². The van der Waals surface area contributed by atoms with Crippen molar-refractivity contribution in [2.75, 3.05) is 0 Å². The molecule has 0 aliphatic carbocycles. The molecular weight excluding hydrogens is 405 g/mol. The molecule has 3 aromatic heterocycles. The van der Waals surface area contributed by atoms with E-state index in [0.29, 0.717) is 32.1 Å². The van der Waals surface area contributed by atoms with Gasteiger partial charge in [0.05, 0.1) is 11.2 Å². The van der Waals surface area contributed by atoms with Gasteiger partial charge in [-0.3, -0.25) is 4.68 Å². The van der Waals surface area contributed by atoms with E-state index in [2.05, 4.69) is 25.1 Å². The van der Waals surface area contributed by atoms with Crippen molar-refractivity contribution in [1.82, 2.24) is 29.6 Å². The van der Waals surface area contributed by atoms with E-state index in [1.54, 1.807) is 23.9 Å². The molecule has 4 rings (SSSR count). The molecule has 12 heteroatoms. The van der Waals surface area contributed by atoms with Crippen LogP contribution >= 0.6 is 22.9 Å². The van der Waals surface area contributed by atoms with Crippen LogP contribution in [0.15, 0.2) is 30.5 Å². The lowest BCUT2D eigenvalue weighted by Crippen LogP contribution is -2.18. The number of fused-ring (bicyclic) bond motifs is 1. The SMILES string of the molecule is Cn1ncc(Cl)c1-c1nnc2sc(Cc3ccccc3OC(F)(F)F)nn12. The fourth-order valence-corrected chi connectivity index (χ4v) is 3.68. The molecule has 0 saturated heterocycles. The number of ether oxygens (including phenoxy) is 1. The fraction of sp³-hybridized carbons (Fsp3) is 0.200. The summed E-state index contributed by atoms with van der Waals surface area (Å²) in [5.74, 6) is 0.142. The number of rotatable bonds is 4. The van der Waals surface area contributed by atoms with Gasteiger partial charge in [-0.2, -0.15) is 14.7 Å².